The van der Waals surface area contributed by atoms with E-state index in [1.54, 1.807) is 12.1 Å². The minimum Gasteiger partial charge on any atom is -0.481 e. The van der Waals surface area contributed by atoms with Crippen molar-refractivity contribution in [3.8, 4) is 11.5 Å². The van der Waals surface area contributed by atoms with Gasteiger partial charge in [-0.1, -0.05) is 18.2 Å². The zero-order valence-electron chi connectivity index (χ0n) is 16.3. The third-order valence-electron chi connectivity index (χ3n) is 4.79. The highest BCUT2D eigenvalue weighted by atomic mass is 32.2. The molecule has 0 aromatic heterocycles. The number of carboxylic acid groups (broad SMARTS) is 1. The number of carbonyl (C=O) groups is 1. The van der Waals surface area contributed by atoms with Crippen LogP contribution in [0.1, 0.15) is 34.9 Å². The first-order valence-electron chi connectivity index (χ1n) is 8.97. The maximum Gasteiger partial charge on any atom is 0.357 e. The van der Waals surface area contributed by atoms with Crippen molar-refractivity contribution in [1.82, 2.24) is 0 Å². The van der Waals surface area contributed by atoms with Crippen LogP contribution in [-0.2, 0) is 37.4 Å². The molecule has 12 heteroatoms. The van der Waals surface area contributed by atoms with Crippen LogP contribution in [0.5, 0.6) is 11.5 Å². The van der Waals surface area contributed by atoms with E-state index in [1.807, 2.05) is 0 Å². The first-order valence-corrected chi connectivity index (χ1v) is 11.4. The first-order chi connectivity index (χ1) is 14.6. The van der Waals surface area contributed by atoms with E-state index in [1.165, 1.54) is 25.3 Å². The van der Waals surface area contributed by atoms with Gasteiger partial charge in [0.05, 0.1) is 11.3 Å². The Hall–Kier alpha value is -2.51. The molecule has 3 unspecified atom stereocenters. The largest absolute Gasteiger partial charge is 0.481 e. The lowest BCUT2D eigenvalue weighted by Gasteiger charge is -2.12. The van der Waals surface area contributed by atoms with Crippen LogP contribution in [0.15, 0.2) is 41.3 Å². The molecule has 0 saturated heterocycles. The Morgan fingerprint density at radius 3 is 2.45 bits per heavy atom. The number of methoxy groups -OCH3 is 1. The Balaban J connectivity index is 1.94. The third-order valence-corrected chi connectivity index (χ3v) is 6.02. The molecule has 0 bridgehead atoms. The van der Waals surface area contributed by atoms with E-state index in [-0.39, 0.29) is 41.3 Å². The van der Waals surface area contributed by atoms with Crippen LogP contribution in [0.25, 0.3) is 0 Å². The summed E-state index contributed by atoms with van der Waals surface area (Å²) in [6.45, 7) is -0.0343. The molecule has 1 fully saturated rings. The van der Waals surface area contributed by atoms with Gasteiger partial charge in [0.2, 0.25) is 0 Å². The number of aliphatic carboxylic acids is 1. The van der Waals surface area contributed by atoms with Crippen LogP contribution in [0.2, 0.25) is 0 Å². The van der Waals surface area contributed by atoms with Crippen LogP contribution >= 0.6 is 0 Å². The van der Waals surface area contributed by atoms with Gasteiger partial charge in [-0.05, 0) is 47.1 Å². The number of hydrogen-bond donors (Lipinski definition) is 3. The molecule has 2 aromatic rings. The van der Waals surface area contributed by atoms with Crippen LogP contribution in [-0.4, -0.2) is 46.7 Å². The minimum atomic E-state index is -4.60. The van der Waals surface area contributed by atoms with Crippen molar-refractivity contribution >= 4 is 27.4 Å². The summed E-state index contributed by atoms with van der Waals surface area (Å²) in [5.74, 6) is -1.26. The fourth-order valence-electron chi connectivity index (χ4n) is 3.46. The van der Waals surface area contributed by atoms with Gasteiger partial charge in [0.15, 0.2) is 6.79 Å². The highest BCUT2D eigenvalue weighted by Crippen LogP contribution is 2.58. The van der Waals surface area contributed by atoms with Crippen LogP contribution in [0.4, 0.5) is 0 Å². The molecule has 2 aromatic carbocycles. The molecule has 1 aliphatic carbocycles. The lowest BCUT2D eigenvalue weighted by Crippen LogP contribution is -2.07. The monoisotopic (exact) mass is 472 g/mol. The van der Waals surface area contributed by atoms with Gasteiger partial charge >= 0.3 is 17.3 Å². The Morgan fingerprint density at radius 1 is 1.16 bits per heavy atom. The predicted octanol–water partition coefficient (Wildman–Crippen LogP) is 2.33. The topological polar surface area (TPSA) is 157 Å². The smallest absolute Gasteiger partial charge is 0.357 e. The maximum atomic E-state index is 11.9. The van der Waals surface area contributed by atoms with Crippen molar-refractivity contribution in [3.63, 3.8) is 0 Å². The lowest BCUT2D eigenvalue weighted by molar-refractivity contribution is -0.136. The van der Waals surface area contributed by atoms with Gasteiger partial charge in [0, 0.05) is 13.2 Å². The highest BCUT2D eigenvalue weighted by molar-refractivity contribution is 7.85. The zero-order valence-corrected chi connectivity index (χ0v) is 17.9. The fourth-order valence-corrected chi connectivity index (χ4v) is 4.58. The second-order valence-corrected chi connectivity index (χ2v) is 8.91. The Labute approximate surface area is 181 Å². The van der Waals surface area contributed by atoms with E-state index in [0.29, 0.717) is 23.3 Å². The molecule has 31 heavy (non-hydrogen) atoms. The summed E-state index contributed by atoms with van der Waals surface area (Å²) in [4.78, 5) is 10.6. The third kappa shape index (κ3) is 5.80. The molecule has 0 radical (unpaired) electrons. The Bertz CT molecular complexity index is 1110. The van der Waals surface area contributed by atoms with Crippen LogP contribution in [0.3, 0.4) is 0 Å². The first kappa shape index (κ1) is 23.2. The van der Waals surface area contributed by atoms with Crippen molar-refractivity contribution < 1.29 is 45.3 Å². The molecule has 0 amide bonds. The standard InChI is InChI=1S/C19H20O10S2/c1-27-10-28-12-3-5-13(17(8-12)29-30(22)23)15-9-16(15)14-4-2-11(7-19(20)21)6-18(14)31(24,25)26/h2-6,8,15-16H,7,9-10H2,1H3,(H,20,21)(H,22,23)(H,24,25,26). The van der Waals surface area contributed by atoms with Crippen molar-refractivity contribution in [2.75, 3.05) is 13.9 Å². The molecule has 0 spiro atoms. The number of benzene rings is 2. The van der Waals surface area contributed by atoms with Crippen LogP contribution < -0.4 is 8.92 Å². The van der Waals surface area contributed by atoms with E-state index in [2.05, 4.69) is 0 Å². The highest BCUT2D eigenvalue weighted by Gasteiger charge is 2.44. The molecule has 168 valence electrons. The van der Waals surface area contributed by atoms with Gasteiger partial charge in [-0.2, -0.15) is 12.6 Å². The van der Waals surface area contributed by atoms with Gasteiger partial charge in [-0.15, -0.1) is 0 Å². The summed E-state index contributed by atoms with van der Waals surface area (Å²) < 4.78 is 69.0. The summed E-state index contributed by atoms with van der Waals surface area (Å²) >= 11 is -2.59. The molecular formula is C19H20O10S2. The molecule has 3 atom stereocenters. The van der Waals surface area contributed by atoms with Gasteiger partial charge in [-0.25, -0.2) is 0 Å². The van der Waals surface area contributed by atoms with Crippen molar-refractivity contribution in [2.24, 2.45) is 0 Å². The summed E-state index contributed by atoms with van der Waals surface area (Å²) in [6, 6.07) is 8.82. The van der Waals surface area contributed by atoms with Gasteiger partial charge in [0.1, 0.15) is 11.5 Å². The van der Waals surface area contributed by atoms with Crippen LogP contribution in [0, 0.1) is 0 Å². The molecule has 1 aliphatic rings. The number of hydrogen-bond acceptors (Lipinski definition) is 7. The average Bonchev–Trinajstić information content (AvgIpc) is 3.45. The quantitative estimate of drug-likeness (QED) is 0.266. The normalized spacial score (nSPS) is 18.9. The summed E-state index contributed by atoms with van der Waals surface area (Å²) in [5.41, 5.74) is 1.13. The SMILES string of the molecule is COCOc1ccc(C2CC2c2ccc(CC(=O)O)cc2S(=O)(=O)O)c(OS(=O)O)c1. The van der Waals surface area contributed by atoms with Crippen molar-refractivity contribution in [2.45, 2.75) is 29.6 Å². The minimum absolute atomic E-state index is 0.0343. The van der Waals surface area contributed by atoms with Crippen molar-refractivity contribution in [3.05, 3.63) is 53.1 Å². The lowest BCUT2D eigenvalue weighted by atomic mass is 10.0. The van der Waals surface area contributed by atoms with E-state index in [0.717, 1.165) is 6.07 Å². The molecule has 0 aliphatic heterocycles. The Kier molecular flexibility index (Phi) is 6.96. The van der Waals surface area contributed by atoms with Gasteiger partial charge < -0.3 is 18.8 Å². The molecular weight excluding hydrogens is 452 g/mol. The fraction of sp³-hybridized carbons (Fsp3) is 0.316. The van der Waals surface area contributed by atoms with E-state index >= 15 is 0 Å². The molecule has 1 saturated carbocycles. The second-order valence-electron chi connectivity index (χ2n) is 6.92. The number of ether oxygens (including phenoxy) is 2. The molecule has 0 heterocycles. The maximum absolute atomic E-state index is 11.9. The molecule has 10 nitrogen and oxygen atoms in total. The summed E-state index contributed by atoms with van der Waals surface area (Å²) in [5, 5.41) is 8.93. The van der Waals surface area contributed by atoms with Gasteiger partial charge in [0.25, 0.3) is 10.1 Å². The Morgan fingerprint density at radius 2 is 1.84 bits per heavy atom. The van der Waals surface area contributed by atoms with E-state index < -0.39 is 27.4 Å². The molecule has 3 rings (SSSR count). The summed E-state index contributed by atoms with van der Waals surface area (Å²) in [7, 11) is -3.15. The van der Waals surface area contributed by atoms with E-state index in [9.17, 15) is 22.0 Å². The van der Waals surface area contributed by atoms with E-state index in [4.69, 9.17) is 23.3 Å². The predicted molar refractivity (Wildman–Crippen MR) is 108 cm³/mol. The number of rotatable bonds is 10. The number of carboxylic acids is 1. The average molecular weight is 472 g/mol. The van der Waals surface area contributed by atoms with Gasteiger partial charge in [-0.3, -0.25) is 13.9 Å². The molecule has 3 N–H and O–H groups in total. The zero-order chi connectivity index (χ0) is 22.8. The summed E-state index contributed by atoms with van der Waals surface area (Å²) in [6.07, 6.45) is 0.105. The second kappa shape index (κ2) is 9.32. The van der Waals surface area contributed by atoms with Crippen molar-refractivity contribution in [1.29, 1.82) is 0 Å².